The van der Waals surface area contributed by atoms with Crippen LogP contribution in [0.2, 0.25) is 0 Å². The van der Waals surface area contributed by atoms with Crippen molar-refractivity contribution < 1.29 is 4.79 Å². The minimum absolute atomic E-state index is 0.101. The lowest BCUT2D eigenvalue weighted by molar-refractivity contribution is -0.122. The fourth-order valence-electron chi connectivity index (χ4n) is 0.909. The van der Waals surface area contributed by atoms with Crippen molar-refractivity contribution in [3.05, 3.63) is 0 Å². The fraction of sp³-hybridized carbons (Fsp3) is 0.889. The molecule has 0 aliphatic rings. The van der Waals surface area contributed by atoms with Crippen LogP contribution >= 0.6 is 11.8 Å². The van der Waals surface area contributed by atoms with E-state index in [2.05, 4.69) is 5.32 Å². The number of hydrogen-bond acceptors (Lipinski definition) is 2. The normalized spacial score (nSPS) is 14.1. The van der Waals surface area contributed by atoms with Gasteiger partial charge in [0.15, 0.2) is 0 Å². The monoisotopic (exact) mass is 189 g/mol. The maximum atomic E-state index is 11.5. The van der Waals surface area contributed by atoms with Crippen molar-refractivity contribution in [3.63, 3.8) is 0 Å². The molecule has 0 heterocycles. The Labute approximate surface area is 79.5 Å². The van der Waals surface area contributed by atoms with Crippen LogP contribution in [0.25, 0.3) is 0 Å². The average molecular weight is 189 g/mol. The first kappa shape index (κ1) is 11.8. The first-order valence-electron chi connectivity index (χ1n) is 4.25. The highest BCUT2D eigenvalue weighted by Crippen LogP contribution is 2.12. The molecular weight excluding hydrogens is 170 g/mol. The van der Waals surface area contributed by atoms with E-state index in [1.54, 1.807) is 11.8 Å². The number of nitrogens with one attached hydrogen (secondary N) is 1. The quantitative estimate of drug-likeness (QED) is 0.736. The van der Waals surface area contributed by atoms with Crippen LogP contribution in [0, 0.1) is 0 Å². The van der Waals surface area contributed by atoms with E-state index in [4.69, 9.17) is 0 Å². The zero-order chi connectivity index (χ0) is 9.78. The van der Waals surface area contributed by atoms with Crippen molar-refractivity contribution in [2.75, 3.05) is 6.26 Å². The lowest BCUT2D eigenvalue weighted by Gasteiger charge is -2.23. The van der Waals surface area contributed by atoms with Crippen LogP contribution < -0.4 is 5.32 Å². The Morgan fingerprint density at radius 2 is 2.00 bits per heavy atom. The van der Waals surface area contributed by atoms with Gasteiger partial charge in [-0.1, -0.05) is 6.92 Å². The summed E-state index contributed by atoms with van der Waals surface area (Å²) in [6, 6.07) is 0. The second kappa shape index (κ2) is 4.75. The number of carbonyl (C=O) groups excluding carboxylic acids is 1. The number of thioether (sulfide) groups is 1. The van der Waals surface area contributed by atoms with Gasteiger partial charge in [-0.3, -0.25) is 4.79 Å². The maximum Gasteiger partial charge on any atom is 0.233 e. The molecule has 0 radical (unpaired) electrons. The van der Waals surface area contributed by atoms with Gasteiger partial charge in [-0.15, -0.1) is 0 Å². The van der Waals surface area contributed by atoms with Crippen molar-refractivity contribution in [1.29, 1.82) is 0 Å². The number of rotatable bonds is 3. The summed E-state index contributed by atoms with van der Waals surface area (Å²) >= 11 is 1.61. The van der Waals surface area contributed by atoms with Gasteiger partial charge in [-0.25, -0.2) is 0 Å². The van der Waals surface area contributed by atoms with Crippen molar-refractivity contribution in [3.8, 4) is 0 Å². The van der Waals surface area contributed by atoms with E-state index in [1.807, 2.05) is 34.0 Å². The molecule has 72 valence electrons. The number of hydrogen-bond donors (Lipinski definition) is 1. The van der Waals surface area contributed by atoms with Crippen molar-refractivity contribution in [1.82, 2.24) is 5.32 Å². The molecule has 0 spiro atoms. The Bertz CT molecular complexity index is 147. The Hall–Kier alpha value is -0.180. The molecule has 0 aromatic rings. The third-order valence-electron chi connectivity index (χ3n) is 1.45. The average Bonchev–Trinajstić information content (AvgIpc) is 1.85. The van der Waals surface area contributed by atoms with Gasteiger partial charge in [0.2, 0.25) is 5.91 Å². The topological polar surface area (TPSA) is 29.1 Å². The fourth-order valence-corrected chi connectivity index (χ4v) is 1.52. The van der Waals surface area contributed by atoms with Crippen LogP contribution in [0.4, 0.5) is 0 Å². The van der Waals surface area contributed by atoms with Crippen LogP contribution in [-0.4, -0.2) is 23.0 Å². The molecule has 0 fully saturated rings. The van der Waals surface area contributed by atoms with Crippen LogP contribution in [0.15, 0.2) is 0 Å². The second-order valence-electron chi connectivity index (χ2n) is 3.87. The minimum atomic E-state index is -0.111. The molecule has 2 nitrogen and oxygen atoms in total. The van der Waals surface area contributed by atoms with Gasteiger partial charge in [-0.05, 0) is 33.4 Å². The van der Waals surface area contributed by atoms with Crippen molar-refractivity contribution in [2.24, 2.45) is 0 Å². The lowest BCUT2D eigenvalue weighted by Crippen LogP contribution is -2.44. The summed E-state index contributed by atoms with van der Waals surface area (Å²) in [6.45, 7) is 8.03. The highest BCUT2D eigenvalue weighted by atomic mass is 32.2. The summed E-state index contributed by atoms with van der Waals surface area (Å²) in [7, 11) is 0. The minimum Gasteiger partial charge on any atom is -0.351 e. The third-order valence-corrected chi connectivity index (χ3v) is 2.56. The molecular formula is C9H19NOS. The molecule has 1 N–H and O–H groups in total. The summed E-state index contributed by atoms with van der Waals surface area (Å²) in [5.74, 6) is 0.150. The lowest BCUT2D eigenvalue weighted by atomic mass is 10.1. The molecule has 1 unspecified atom stereocenters. The van der Waals surface area contributed by atoms with Crippen LogP contribution in [-0.2, 0) is 4.79 Å². The standard InChI is InChI=1S/C9H19NOS/c1-6-7(12-5)8(11)10-9(2,3)4/h7H,6H2,1-5H3,(H,10,11). The molecule has 0 saturated carbocycles. The van der Waals surface area contributed by atoms with Gasteiger partial charge < -0.3 is 5.32 Å². The molecule has 1 atom stereocenters. The molecule has 0 aliphatic heterocycles. The van der Waals surface area contributed by atoms with E-state index < -0.39 is 0 Å². The molecule has 3 heteroatoms. The molecule has 1 amide bonds. The zero-order valence-electron chi connectivity index (χ0n) is 8.60. The zero-order valence-corrected chi connectivity index (χ0v) is 9.42. The van der Waals surface area contributed by atoms with Gasteiger partial charge in [-0.2, -0.15) is 11.8 Å². The van der Waals surface area contributed by atoms with Crippen molar-refractivity contribution >= 4 is 17.7 Å². The number of carbonyl (C=O) groups is 1. The van der Waals surface area contributed by atoms with Crippen LogP contribution in [0.5, 0.6) is 0 Å². The summed E-state index contributed by atoms with van der Waals surface area (Å²) in [4.78, 5) is 11.5. The molecule has 0 bridgehead atoms. The third kappa shape index (κ3) is 4.65. The summed E-state index contributed by atoms with van der Waals surface area (Å²) in [5, 5.41) is 3.06. The largest absolute Gasteiger partial charge is 0.351 e. The van der Waals surface area contributed by atoms with E-state index in [-0.39, 0.29) is 16.7 Å². The van der Waals surface area contributed by atoms with E-state index >= 15 is 0 Å². The van der Waals surface area contributed by atoms with E-state index in [1.165, 1.54) is 0 Å². The summed E-state index contributed by atoms with van der Waals surface area (Å²) in [5.41, 5.74) is -0.111. The summed E-state index contributed by atoms with van der Waals surface area (Å²) < 4.78 is 0. The smallest absolute Gasteiger partial charge is 0.233 e. The van der Waals surface area contributed by atoms with E-state index in [9.17, 15) is 4.79 Å². The Morgan fingerprint density at radius 1 is 1.50 bits per heavy atom. The Morgan fingerprint density at radius 3 is 2.25 bits per heavy atom. The molecule has 0 rings (SSSR count). The van der Waals surface area contributed by atoms with E-state index in [0.29, 0.717) is 0 Å². The maximum absolute atomic E-state index is 11.5. The van der Waals surface area contributed by atoms with Crippen LogP contribution in [0.3, 0.4) is 0 Å². The molecule has 0 aromatic carbocycles. The van der Waals surface area contributed by atoms with Gasteiger partial charge >= 0.3 is 0 Å². The van der Waals surface area contributed by atoms with E-state index in [0.717, 1.165) is 6.42 Å². The summed E-state index contributed by atoms with van der Waals surface area (Å²) in [6.07, 6.45) is 2.86. The van der Waals surface area contributed by atoms with Crippen molar-refractivity contribution in [2.45, 2.75) is 44.9 Å². The molecule has 0 saturated heterocycles. The molecule has 0 aliphatic carbocycles. The SMILES string of the molecule is CCC(SC)C(=O)NC(C)(C)C. The predicted molar refractivity (Wildman–Crippen MR) is 55.5 cm³/mol. The Kier molecular flexibility index (Phi) is 4.68. The van der Waals surface area contributed by atoms with Crippen LogP contribution in [0.1, 0.15) is 34.1 Å². The Balaban J connectivity index is 4.02. The van der Waals surface area contributed by atoms with Gasteiger partial charge in [0.05, 0.1) is 5.25 Å². The first-order chi connectivity index (χ1) is 5.40. The van der Waals surface area contributed by atoms with Gasteiger partial charge in [0.25, 0.3) is 0 Å². The number of amides is 1. The molecule has 12 heavy (non-hydrogen) atoms. The molecule has 0 aromatic heterocycles. The first-order valence-corrected chi connectivity index (χ1v) is 5.54. The predicted octanol–water partition coefficient (Wildman–Crippen LogP) is 2.04. The highest BCUT2D eigenvalue weighted by molar-refractivity contribution is 7.99. The van der Waals surface area contributed by atoms with Gasteiger partial charge in [0.1, 0.15) is 0 Å². The van der Waals surface area contributed by atoms with Gasteiger partial charge in [0, 0.05) is 5.54 Å². The highest BCUT2D eigenvalue weighted by Gasteiger charge is 2.19. The second-order valence-corrected chi connectivity index (χ2v) is 4.91.